The van der Waals surface area contributed by atoms with Crippen molar-refractivity contribution < 1.29 is 14.6 Å². The standard InChI is InChI=1S/C11H14ClNO3/c12-9-5-8(6-10(13)7-9)11(15)16-4-2-1-3-14/h5-7,14H,1-4,13H2. The van der Waals surface area contributed by atoms with Crippen LogP contribution in [0.25, 0.3) is 0 Å². The molecule has 3 N–H and O–H groups in total. The summed E-state index contributed by atoms with van der Waals surface area (Å²) >= 11 is 5.76. The minimum Gasteiger partial charge on any atom is -0.462 e. The third-order valence-electron chi connectivity index (χ3n) is 1.94. The summed E-state index contributed by atoms with van der Waals surface area (Å²) in [6.45, 7) is 0.382. The normalized spacial score (nSPS) is 10.1. The van der Waals surface area contributed by atoms with E-state index in [1.807, 2.05) is 0 Å². The van der Waals surface area contributed by atoms with Gasteiger partial charge in [0.1, 0.15) is 0 Å². The van der Waals surface area contributed by atoms with Crippen LogP contribution in [0.5, 0.6) is 0 Å². The van der Waals surface area contributed by atoms with Gasteiger partial charge in [-0.25, -0.2) is 4.79 Å². The first-order chi connectivity index (χ1) is 7.63. The molecule has 0 unspecified atom stereocenters. The van der Waals surface area contributed by atoms with Crippen LogP contribution in [0.15, 0.2) is 18.2 Å². The van der Waals surface area contributed by atoms with Crippen molar-refractivity contribution in [3.63, 3.8) is 0 Å². The first-order valence-corrected chi connectivity index (χ1v) is 5.35. The van der Waals surface area contributed by atoms with Crippen molar-refractivity contribution >= 4 is 23.3 Å². The molecule has 0 aliphatic heterocycles. The third kappa shape index (κ3) is 4.08. The second-order valence-corrected chi connectivity index (χ2v) is 3.78. The Morgan fingerprint density at radius 1 is 1.38 bits per heavy atom. The molecule has 16 heavy (non-hydrogen) atoms. The molecule has 0 fully saturated rings. The number of nitrogens with two attached hydrogens (primary N) is 1. The van der Waals surface area contributed by atoms with Crippen LogP contribution in [-0.4, -0.2) is 24.3 Å². The van der Waals surface area contributed by atoms with Crippen LogP contribution in [0.4, 0.5) is 5.69 Å². The Labute approximate surface area is 99.0 Å². The lowest BCUT2D eigenvalue weighted by molar-refractivity contribution is 0.0492. The number of aliphatic hydroxyl groups is 1. The zero-order valence-corrected chi connectivity index (χ0v) is 9.54. The fourth-order valence-corrected chi connectivity index (χ4v) is 1.44. The van der Waals surface area contributed by atoms with E-state index in [2.05, 4.69) is 0 Å². The molecule has 0 saturated carbocycles. The van der Waals surface area contributed by atoms with Crippen LogP contribution in [0.2, 0.25) is 5.02 Å². The molecule has 0 aliphatic carbocycles. The van der Waals surface area contributed by atoms with Crippen molar-refractivity contribution in [3.8, 4) is 0 Å². The number of carbonyl (C=O) groups is 1. The topological polar surface area (TPSA) is 72.6 Å². The van der Waals surface area contributed by atoms with Crippen molar-refractivity contribution in [2.24, 2.45) is 0 Å². The van der Waals surface area contributed by atoms with Crippen molar-refractivity contribution in [3.05, 3.63) is 28.8 Å². The van der Waals surface area contributed by atoms with Gasteiger partial charge in [0.05, 0.1) is 12.2 Å². The molecule has 0 amide bonds. The Kier molecular flexibility index (Phi) is 5.08. The van der Waals surface area contributed by atoms with Gasteiger partial charge < -0.3 is 15.6 Å². The predicted molar refractivity (Wildman–Crippen MR) is 62.5 cm³/mol. The van der Waals surface area contributed by atoms with Gasteiger partial charge >= 0.3 is 5.97 Å². The van der Waals surface area contributed by atoms with E-state index in [0.29, 0.717) is 29.1 Å². The van der Waals surface area contributed by atoms with Gasteiger partial charge in [-0.15, -0.1) is 0 Å². The van der Waals surface area contributed by atoms with Gasteiger partial charge in [0, 0.05) is 17.3 Å². The fourth-order valence-electron chi connectivity index (χ4n) is 1.19. The van der Waals surface area contributed by atoms with Crippen LogP contribution in [-0.2, 0) is 4.74 Å². The summed E-state index contributed by atoms with van der Waals surface area (Å²) in [7, 11) is 0. The molecule has 0 saturated heterocycles. The van der Waals surface area contributed by atoms with Gasteiger partial charge in [-0.1, -0.05) is 11.6 Å². The summed E-state index contributed by atoms with van der Waals surface area (Å²) in [5.74, 6) is -0.452. The molecule has 0 spiro atoms. The maximum Gasteiger partial charge on any atom is 0.338 e. The van der Waals surface area contributed by atoms with Crippen LogP contribution in [0.1, 0.15) is 23.2 Å². The Bertz CT molecular complexity index is 348. The average molecular weight is 244 g/mol. The van der Waals surface area contributed by atoms with Crippen molar-refractivity contribution in [1.29, 1.82) is 0 Å². The highest BCUT2D eigenvalue weighted by Gasteiger charge is 2.08. The maximum absolute atomic E-state index is 11.5. The smallest absolute Gasteiger partial charge is 0.338 e. The molecule has 5 heteroatoms. The van der Waals surface area contributed by atoms with Crippen LogP contribution in [0.3, 0.4) is 0 Å². The van der Waals surface area contributed by atoms with E-state index in [4.69, 9.17) is 27.2 Å². The number of benzene rings is 1. The third-order valence-corrected chi connectivity index (χ3v) is 2.16. The molecule has 4 nitrogen and oxygen atoms in total. The van der Waals surface area contributed by atoms with Crippen LogP contribution in [0, 0.1) is 0 Å². The van der Waals surface area contributed by atoms with Gasteiger partial charge in [-0.2, -0.15) is 0 Å². The monoisotopic (exact) mass is 243 g/mol. The molecule has 0 radical (unpaired) electrons. The van der Waals surface area contributed by atoms with Crippen molar-refractivity contribution in [2.45, 2.75) is 12.8 Å². The molecule has 0 atom stereocenters. The van der Waals surface area contributed by atoms with Gasteiger partial charge in [0.15, 0.2) is 0 Å². The number of unbranched alkanes of at least 4 members (excludes halogenated alkanes) is 1. The van der Waals surface area contributed by atoms with E-state index < -0.39 is 5.97 Å². The zero-order chi connectivity index (χ0) is 12.0. The largest absolute Gasteiger partial charge is 0.462 e. The number of nitrogen functional groups attached to an aromatic ring is 1. The Balaban J connectivity index is 2.52. The molecular formula is C11H14ClNO3. The molecule has 1 aromatic rings. The lowest BCUT2D eigenvalue weighted by atomic mass is 10.2. The van der Waals surface area contributed by atoms with E-state index in [-0.39, 0.29) is 13.2 Å². The number of anilines is 1. The van der Waals surface area contributed by atoms with Crippen molar-refractivity contribution in [2.75, 3.05) is 18.9 Å². The lowest BCUT2D eigenvalue weighted by Crippen LogP contribution is -2.07. The quantitative estimate of drug-likeness (QED) is 0.470. The first kappa shape index (κ1) is 12.8. The summed E-state index contributed by atoms with van der Waals surface area (Å²) < 4.78 is 4.98. The Morgan fingerprint density at radius 2 is 2.12 bits per heavy atom. The van der Waals surface area contributed by atoms with Crippen molar-refractivity contribution in [1.82, 2.24) is 0 Å². The first-order valence-electron chi connectivity index (χ1n) is 4.97. The number of carbonyl (C=O) groups excluding carboxylic acids is 1. The van der Waals surface area contributed by atoms with Gasteiger partial charge in [-0.05, 0) is 31.0 Å². The van der Waals surface area contributed by atoms with E-state index in [0.717, 1.165) is 0 Å². The molecular weight excluding hydrogens is 230 g/mol. The number of esters is 1. The highest BCUT2D eigenvalue weighted by molar-refractivity contribution is 6.31. The number of hydrogen-bond acceptors (Lipinski definition) is 4. The van der Waals surface area contributed by atoms with E-state index in [1.54, 1.807) is 6.07 Å². The molecule has 0 aromatic heterocycles. The summed E-state index contributed by atoms with van der Waals surface area (Å²) in [4.78, 5) is 11.5. The summed E-state index contributed by atoms with van der Waals surface area (Å²) in [5, 5.41) is 8.95. The number of hydrogen-bond donors (Lipinski definition) is 2. The van der Waals surface area contributed by atoms with E-state index in [1.165, 1.54) is 12.1 Å². The molecule has 1 aromatic carbocycles. The zero-order valence-electron chi connectivity index (χ0n) is 8.78. The minimum atomic E-state index is -0.452. The fraction of sp³-hybridized carbons (Fsp3) is 0.364. The average Bonchev–Trinajstić information content (AvgIpc) is 2.22. The van der Waals surface area contributed by atoms with E-state index >= 15 is 0 Å². The summed E-state index contributed by atoms with van der Waals surface area (Å²) in [6, 6.07) is 4.58. The van der Waals surface area contributed by atoms with Gasteiger partial charge in [0.25, 0.3) is 0 Å². The Hall–Kier alpha value is -1.26. The highest BCUT2D eigenvalue weighted by atomic mass is 35.5. The molecule has 88 valence electrons. The number of ether oxygens (including phenoxy) is 1. The highest BCUT2D eigenvalue weighted by Crippen LogP contribution is 2.17. The Morgan fingerprint density at radius 3 is 2.75 bits per heavy atom. The molecule has 1 rings (SSSR count). The molecule has 0 heterocycles. The number of aliphatic hydroxyl groups excluding tert-OH is 1. The van der Waals surface area contributed by atoms with Gasteiger partial charge in [0.2, 0.25) is 0 Å². The second kappa shape index (κ2) is 6.35. The predicted octanol–water partition coefficient (Wildman–Crippen LogP) is 1.85. The number of halogens is 1. The van der Waals surface area contributed by atoms with E-state index in [9.17, 15) is 4.79 Å². The number of rotatable bonds is 5. The molecule has 0 bridgehead atoms. The second-order valence-electron chi connectivity index (χ2n) is 3.34. The summed E-state index contributed by atoms with van der Waals surface area (Å²) in [6.07, 6.45) is 1.25. The van der Waals surface area contributed by atoms with Crippen LogP contribution < -0.4 is 5.73 Å². The minimum absolute atomic E-state index is 0.0989. The maximum atomic E-state index is 11.5. The lowest BCUT2D eigenvalue weighted by Gasteiger charge is -2.05. The summed E-state index contributed by atoms with van der Waals surface area (Å²) in [5.41, 5.74) is 6.32. The molecule has 0 aliphatic rings. The van der Waals surface area contributed by atoms with Crippen LogP contribution >= 0.6 is 11.6 Å². The SMILES string of the molecule is Nc1cc(Cl)cc(C(=O)OCCCCO)c1. The van der Waals surface area contributed by atoms with Gasteiger partial charge in [-0.3, -0.25) is 0 Å².